The number of carbonyl (C=O) groups excluding carboxylic acids is 1. The van der Waals surface area contributed by atoms with Crippen LogP contribution in [0.2, 0.25) is 0 Å². The Morgan fingerprint density at radius 1 is 1.00 bits per heavy atom. The van der Waals surface area contributed by atoms with Crippen LogP contribution >= 0.6 is 0 Å². The van der Waals surface area contributed by atoms with Gasteiger partial charge in [0.05, 0.1) is 11.2 Å². The number of carbonyl (C=O) groups is 1. The first-order valence-corrected chi connectivity index (χ1v) is 9.34. The number of benzene rings is 1. The summed E-state index contributed by atoms with van der Waals surface area (Å²) < 4.78 is 13.3. The maximum absolute atomic E-state index is 13.3. The minimum absolute atomic E-state index is 0.00608. The number of nitrogens with two attached hydrogens (primary N) is 1. The summed E-state index contributed by atoms with van der Waals surface area (Å²) in [7, 11) is 3.49. The average Bonchev–Trinajstić information content (AvgIpc) is 2.73. The Balaban J connectivity index is 1.68. The van der Waals surface area contributed by atoms with E-state index in [9.17, 15) is 9.18 Å². The van der Waals surface area contributed by atoms with Crippen molar-refractivity contribution < 1.29 is 9.18 Å². The smallest absolute Gasteiger partial charge is 0.319 e. The lowest BCUT2D eigenvalue weighted by Crippen LogP contribution is -2.51. The summed E-state index contributed by atoms with van der Waals surface area (Å²) in [6.45, 7) is 2.40. The van der Waals surface area contributed by atoms with Crippen molar-refractivity contribution in [3.63, 3.8) is 0 Å². The third kappa shape index (κ3) is 3.75. The highest BCUT2D eigenvalue weighted by atomic mass is 19.1. The fraction of sp³-hybridized carbons (Fsp3) is 0.300. The van der Waals surface area contributed by atoms with Gasteiger partial charge in [-0.25, -0.2) is 19.2 Å². The van der Waals surface area contributed by atoms with E-state index >= 15 is 0 Å². The van der Waals surface area contributed by atoms with Crippen LogP contribution in [0.5, 0.6) is 0 Å². The van der Waals surface area contributed by atoms with Gasteiger partial charge in [0, 0.05) is 45.8 Å². The van der Waals surface area contributed by atoms with E-state index in [1.54, 1.807) is 36.0 Å². The Morgan fingerprint density at radius 2 is 1.69 bits per heavy atom. The van der Waals surface area contributed by atoms with Crippen LogP contribution in [0.25, 0.3) is 22.3 Å². The van der Waals surface area contributed by atoms with Crippen molar-refractivity contribution in [2.75, 3.05) is 50.9 Å². The van der Waals surface area contributed by atoms with Gasteiger partial charge < -0.3 is 20.4 Å². The second kappa shape index (κ2) is 7.50. The maximum atomic E-state index is 13.3. The van der Waals surface area contributed by atoms with E-state index in [4.69, 9.17) is 10.7 Å². The minimum atomic E-state index is -0.295. The Labute approximate surface area is 167 Å². The molecule has 0 spiro atoms. The summed E-state index contributed by atoms with van der Waals surface area (Å²) in [5.74, 6) is 0.528. The molecule has 9 heteroatoms. The van der Waals surface area contributed by atoms with Gasteiger partial charge in [-0.2, -0.15) is 4.98 Å². The molecule has 1 aliphatic heterocycles. The van der Waals surface area contributed by atoms with Crippen LogP contribution in [-0.2, 0) is 0 Å². The molecule has 2 amide bonds. The van der Waals surface area contributed by atoms with Crippen LogP contribution in [0, 0.1) is 5.82 Å². The van der Waals surface area contributed by atoms with Gasteiger partial charge >= 0.3 is 6.03 Å². The molecule has 0 unspecified atom stereocenters. The van der Waals surface area contributed by atoms with Crippen molar-refractivity contribution in [3.8, 4) is 11.3 Å². The van der Waals surface area contributed by atoms with Crippen molar-refractivity contribution in [2.24, 2.45) is 0 Å². The van der Waals surface area contributed by atoms with Crippen molar-refractivity contribution in [3.05, 3.63) is 42.2 Å². The minimum Gasteiger partial charge on any atom is -0.368 e. The number of urea groups is 1. The van der Waals surface area contributed by atoms with Crippen molar-refractivity contribution in [2.45, 2.75) is 0 Å². The zero-order chi connectivity index (χ0) is 20.5. The Hall–Kier alpha value is -3.49. The molecular formula is C20H22FN7O. The van der Waals surface area contributed by atoms with Crippen LogP contribution in [0.1, 0.15) is 0 Å². The molecule has 1 aromatic carbocycles. The number of hydrogen-bond donors (Lipinski definition) is 1. The van der Waals surface area contributed by atoms with Gasteiger partial charge in [0.1, 0.15) is 11.3 Å². The number of hydrogen-bond acceptors (Lipinski definition) is 6. The molecule has 0 saturated carbocycles. The summed E-state index contributed by atoms with van der Waals surface area (Å²) in [5, 5.41) is 0. The topological polar surface area (TPSA) is 91.5 Å². The average molecular weight is 395 g/mol. The summed E-state index contributed by atoms with van der Waals surface area (Å²) in [6, 6.07) is 9.85. The number of pyridine rings is 1. The lowest BCUT2D eigenvalue weighted by molar-refractivity contribution is 0.168. The number of anilines is 2. The zero-order valence-corrected chi connectivity index (χ0v) is 16.3. The molecule has 1 fully saturated rings. The SMILES string of the molecule is CN(C)C(=O)N1CCN(c2nc(N)nc3ccc(-c4ccc(F)cc4)nc23)CC1. The number of fused-ring (bicyclic) bond motifs is 1. The van der Waals surface area contributed by atoms with Crippen LogP contribution in [-0.4, -0.2) is 71.1 Å². The highest BCUT2D eigenvalue weighted by Gasteiger charge is 2.25. The second-order valence-electron chi connectivity index (χ2n) is 7.13. The van der Waals surface area contributed by atoms with Gasteiger partial charge in [-0.3, -0.25) is 0 Å². The molecule has 2 N–H and O–H groups in total. The van der Waals surface area contributed by atoms with Gasteiger partial charge in [-0.1, -0.05) is 0 Å². The van der Waals surface area contributed by atoms with E-state index in [0.717, 1.165) is 5.56 Å². The summed E-state index contributed by atoms with van der Waals surface area (Å²) in [4.78, 5) is 31.1. The Kier molecular flexibility index (Phi) is 4.87. The third-order valence-corrected chi connectivity index (χ3v) is 4.91. The normalized spacial score (nSPS) is 14.3. The molecule has 150 valence electrons. The fourth-order valence-corrected chi connectivity index (χ4v) is 3.41. The molecule has 0 bridgehead atoms. The maximum Gasteiger partial charge on any atom is 0.319 e. The molecule has 1 saturated heterocycles. The lowest BCUT2D eigenvalue weighted by atomic mass is 10.1. The Morgan fingerprint density at radius 3 is 2.34 bits per heavy atom. The molecule has 3 heterocycles. The first kappa shape index (κ1) is 18.9. The van der Waals surface area contributed by atoms with E-state index in [0.29, 0.717) is 48.7 Å². The van der Waals surface area contributed by atoms with E-state index < -0.39 is 0 Å². The molecular weight excluding hydrogens is 373 g/mol. The predicted octanol–water partition coefficient (Wildman–Crippen LogP) is 2.22. The summed E-state index contributed by atoms with van der Waals surface area (Å²) in [5.41, 5.74) is 8.70. The largest absolute Gasteiger partial charge is 0.368 e. The molecule has 0 atom stereocenters. The third-order valence-electron chi connectivity index (χ3n) is 4.91. The van der Waals surface area contributed by atoms with Crippen molar-refractivity contribution in [1.29, 1.82) is 0 Å². The van der Waals surface area contributed by atoms with Crippen LogP contribution in [0.15, 0.2) is 36.4 Å². The first-order chi connectivity index (χ1) is 13.9. The summed E-state index contributed by atoms with van der Waals surface area (Å²) in [6.07, 6.45) is 0. The standard InChI is InChI=1S/C20H22FN7O/c1-26(2)20(29)28-11-9-27(10-12-28)18-17-16(24-19(22)25-18)8-7-15(23-17)13-3-5-14(21)6-4-13/h3-8H,9-12H2,1-2H3,(H2,22,24,25). The molecule has 0 radical (unpaired) electrons. The molecule has 4 rings (SSSR count). The van der Waals surface area contributed by atoms with Gasteiger partial charge in [0.25, 0.3) is 0 Å². The molecule has 8 nitrogen and oxygen atoms in total. The number of piperazine rings is 1. The second-order valence-corrected chi connectivity index (χ2v) is 7.13. The van der Waals surface area contributed by atoms with Crippen molar-refractivity contribution >= 4 is 28.8 Å². The van der Waals surface area contributed by atoms with Gasteiger partial charge in [-0.05, 0) is 36.4 Å². The van der Waals surface area contributed by atoms with Crippen LogP contribution < -0.4 is 10.6 Å². The monoisotopic (exact) mass is 395 g/mol. The quantitative estimate of drug-likeness (QED) is 0.715. The fourth-order valence-electron chi connectivity index (χ4n) is 3.41. The van der Waals surface area contributed by atoms with Gasteiger partial charge in [0.15, 0.2) is 5.82 Å². The van der Waals surface area contributed by atoms with E-state index in [1.807, 2.05) is 12.1 Å². The van der Waals surface area contributed by atoms with Crippen LogP contribution in [0.4, 0.5) is 21.0 Å². The number of amides is 2. The van der Waals surface area contributed by atoms with Gasteiger partial charge in [0.2, 0.25) is 5.95 Å². The number of nitrogens with zero attached hydrogens (tertiary/aromatic N) is 6. The molecule has 29 heavy (non-hydrogen) atoms. The molecule has 1 aliphatic rings. The number of aromatic nitrogens is 3. The number of nitrogen functional groups attached to an aromatic ring is 1. The van der Waals surface area contributed by atoms with E-state index in [-0.39, 0.29) is 17.8 Å². The first-order valence-electron chi connectivity index (χ1n) is 9.34. The molecule has 3 aromatic rings. The number of halogens is 1. The van der Waals surface area contributed by atoms with Gasteiger partial charge in [-0.15, -0.1) is 0 Å². The molecule has 0 aliphatic carbocycles. The van der Waals surface area contributed by atoms with E-state index in [1.165, 1.54) is 12.1 Å². The highest BCUT2D eigenvalue weighted by Crippen LogP contribution is 2.27. The predicted molar refractivity (Wildman–Crippen MR) is 110 cm³/mol. The lowest BCUT2D eigenvalue weighted by Gasteiger charge is -2.36. The highest BCUT2D eigenvalue weighted by molar-refractivity contribution is 5.88. The molecule has 2 aromatic heterocycles. The van der Waals surface area contributed by atoms with Crippen LogP contribution in [0.3, 0.4) is 0 Å². The number of rotatable bonds is 2. The van der Waals surface area contributed by atoms with Crippen molar-refractivity contribution in [1.82, 2.24) is 24.8 Å². The summed E-state index contributed by atoms with van der Waals surface area (Å²) >= 11 is 0. The van der Waals surface area contributed by atoms with E-state index in [2.05, 4.69) is 14.9 Å². The zero-order valence-electron chi connectivity index (χ0n) is 16.3. The Bertz CT molecular complexity index is 1050.